The van der Waals surface area contributed by atoms with Crippen LogP contribution in [0, 0.1) is 0 Å². The molecule has 3 N–H and O–H groups in total. The summed E-state index contributed by atoms with van der Waals surface area (Å²) in [6, 6.07) is 0.230. The van der Waals surface area contributed by atoms with Crippen LogP contribution in [0.15, 0.2) is 12.4 Å². The lowest BCUT2D eigenvalue weighted by Crippen LogP contribution is -2.38. The molecule has 1 amide bonds. The summed E-state index contributed by atoms with van der Waals surface area (Å²) in [5.74, 6) is 0.387. The average molecular weight is 237 g/mol. The Morgan fingerprint density at radius 3 is 2.59 bits per heavy atom. The summed E-state index contributed by atoms with van der Waals surface area (Å²) in [6.07, 6.45) is 3.36. The molecule has 6 nitrogen and oxygen atoms in total. The van der Waals surface area contributed by atoms with Crippen LogP contribution in [0.3, 0.4) is 0 Å². The van der Waals surface area contributed by atoms with E-state index in [1.54, 1.807) is 19.4 Å². The zero-order chi connectivity index (χ0) is 12.8. The lowest BCUT2D eigenvalue weighted by atomic mass is 10.3. The van der Waals surface area contributed by atoms with Crippen molar-refractivity contribution in [1.29, 1.82) is 0 Å². The minimum Gasteiger partial charge on any atom is -0.372 e. The summed E-state index contributed by atoms with van der Waals surface area (Å²) in [5.41, 5.74) is 6.02. The molecule has 0 aliphatic heterocycles. The van der Waals surface area contributed by atoms with E-state index in [9.17, 15) is 4.79 Å². The highest BCUT2D eigenvalue weighted by atomic mass is 16.1. The number of hydrogen-bond acceptors (Lipinski definition) is 5. The number of nitrogens with zero attached hydrogens (tertiary/aromatic N) is 3. The van der Waals surface area contributed by atoms with E-state index in [0.29, 0.717) is 6.54 Å². The summed E-state index contributed by atoms with van der Waals surface area (Å²) in [4.78, 5) is 21.3. The average Bonchev–Trinajstić information content (AvgIpc) is 2.28. The Hall–Kier alpha value is -1.69. The molecule has 0 atom stereocenters. The molecule has 0 radical (unpaired) electrons. The Morgan fingerprint density at radius 2 is 2.18 bits per heavy atom. The van der Waals surface area contributed by atoms with Crippen molar-refractivity contribution in [3.8, 4) is 0 Å². The molecule has 0 spiro atoms. The largest absolute Gasteiger partial charge is 0.372 e. The number of hydrogen-bond donors (Lipinski definition) is 2. The standard InChI is InChI=1S/C11H19N5O/c1-8(2)16(7-10(12)17)6-9-4-15-11(13-3)5-14-9/h4-5,8H,6-7H2,1-3H3,(H2,12,17)(H,13,15). The lowest BCUT2D eigenvalue weighted by Gasteiger charge is -2.24. The number of anilines is 1. The van der Waals surface area contributed by atoms with Crippen LogP contribution >= 0.6 is 0 Å². The summed E-state index contributed by atoms with van der Waals surface area (Å²) in [7, 11) is 1.79. The molecule has 0 aromatic carbocycles. The third-order valence-corrected chi connectivity index (χ3v) is 2.42. The van der Waals surface area contributed by atoms with Crippen molar-refractivity contribution in [3.05, 3.63) is 18.1 Å². The number of nitrogens with one attached hydrogen (secondary N) is 1. The predicted molar refractivity (Wildman–Crippen MR) is 66.3 cm³/mol. The third-order valence-electron chi connectivity index (χ3n) is 2.42. The zero-order valence-electron chi connectivity index (χ0n) is 10.5. The fourth-order valence-electron chi connectivity index (χ4n) is 1.39. The first-order chi connectivity index (χ1) is 8.02. The van der Waals surface area contributed by atoms with E-state index < -0.39 is 0 Å². The van der Waals surface area contributed by atoms with E-state index >= 15 is 0 Å². The van der Waals surface area contributed by atoms with Crippen molar-refractivity contribution in [1.82, 2.24) is 14.9 Å². The highest BCUT2D eigenvalue weighted by Crippen LogP contribution is 2.06. The third kappa shape index (κ3) is 4.36. The smallest absolute Gasteiger partial charge is 0.231 e. The Kier molecular flexibility index (Phi) is 4.84. The molecule has 0 saturated carbocycles. The van der Waals surface area contributed by atoms with E-state index in [0.717, 1.165) is 11.5 Å². The Morgan fingerprint density at radius 1 is 1.47 bits per heavy atom. The first-order valence-corrected chi connectivity index (χ1v) is 5.54. The molecular weight excluding hydrogens is 218 g/mol. The van der Waals surface area contributed by atoms with Gasteiger partial charge < -0.3 is 11.1 Å². The highest BCUT2D eigenvalue weighted by Gasteiger charge is 2.13. The molecule has 0 unspecified atom stereocenters. The van der Waals surface area contributed by atoms with Gasteiger partial charge in [0.1, 0.15) is 5.82 Å². The fourth-order valence-corrected chi connectivity index (χ4v) is 1.39. The lowest BCUT2D eigenvalue weighted by molar-refractivity contribution is -0.119. The van der Waals surface area contributed by atoms with Crippen molar-refractivity contribution in [2.75, 3.05) is 18.9 Å². The second-order valence-electron chi connectivity index (χ2n) is 4.11. The number of carbonyl (C=O) groups is 1. The van der Waals surface area contributed by atoms with Gasteiger partial charge in [-0.2, -0.15) is 0 Å². The first kappa shape index (κ1) is 13.4. The molecule has 0 aliphatic rings. The van der Waals surface area contributed by atoms with E-state index in [1.165, 1.54) is 0 Å². The van der Waals surface area contributed by atoms with Gasteiger partial charge >= 0.3 is 0 Å². The Balaban J connectivity index is 2.68. The van der Waals surface area contributed by atoms with Crippen LogP contribution in [0.4, 0.5) is 5.82 Å². The number of amides is 1. The van der Waals surface area contributed by atoms with Gasteiger partial charge in [0.15, 0.2) is 0 Å². The molecule has 6 heteroatoms. The summed E-state index contributed by atoms with van der Waals surface area (Å²) in [6.45, 7) is 4.82. The van der Waals surface area contributed by atoms with Gasteiger partial charge in [-0.15, -0.1) is 0 Å². The monoisotopic (exact) mass is 237 g/mol. The van der Waals surface area contributed by atoms with Crippen molar-refractivity contribution < 1.29 is 4.79 Å². The summed E-state index contributed by atoms with van der Waals surface area (Å²) in [5, 5.41) is 2.90. The Labute approximate surface area is 101 Å². The van der Waals surface area contributed by atoms with Gasteiger partial charge in [-0.05, 0) is 13.8 Å². The maximum atomic E-state index is 10.9. The first-order valence-electron chi connectivity index (χ1n) is 5.54. The molecular formula is C11H19N5O. The van der Waals surface area contributed by atoms with Crippen LogP contribution in [-0.4, -0.2) is 40.4 Å². The van der Waals surface area contributed by atoms with E-state index in [-0.39, 0.29) is 18.5 Å². The maximum absolute atomic E-state index is 10.9. The van der Waals surface area contributed by atoms with Gasteiger partial charge in [0.05, 0.1) is 24.6 Å². The van der Waals surface area contributed by atoms with E-state index in [4.69, 9.17) is 5.73 Å². The van der Waals surface area contributed by atoms with Crippen LogP contribution in [0.2, 0.25) is 0 Å². The Bertz CT molecular complexity index is 363. The van der Waals surface area contributed by atoms with E-state index in [2.05, 4.69) is 15.3 Å². The molecule has 1 rings (SSSR count). The van der Waals surface area contributed by atoms with Crippen molar-refractivity contribution in [2.45, 2.75) is 26.4 Å². The van der Waals surface area contributed by atoms with Crippen molar-refractivity contribution >= 4 is 11.7 Å². The predicted octanol–water partition coefficient (Wildman–Crippen LogP) is 0.214. The number of carbonyl (C=O) groups excluding carboxylic acids is 1. The highest BCUT2D eigenvalue weighted by molar-refractivity contribution is 5.75. The number of primary amides is 1. The summed E-state index contributed by atoms with van der Waals surface area (Å²) < 4.78 is 0. The van der Waals surface area contributed by atoms with Gasteiger partial charge in [0.2, 0.25) is 5.91 Å². The van der Waals surface area contributed by atoms with Gasteiger partial charge in [-0.3, -0.25) is 14.7 Å². The minimum atomic E-state index is -0.335. The second kappa shape index (κ2) is 6.15. The quantitative estimate of drug-likeness (QED) is 0.739. The van der Waals surface area contributed by atoms with E-state index in [1.807, 2.05) is 18.7 Å². The normalized spacial score (nSPS) is 10.9. The number of nitrogens with two attached hydrogens (primary N) is 1. The fraction of sp³-hybridized carbons (Fsp3) is 0.545. The SMILES string of the molecule is CNc1cnc(CN(CC(N)=O)C(C)C)cn1. The van der Waals surface area contributed by atoms with Gasteiger partial charge in [0, 0.05) is 19.6 Å². The molecule has 1 aromatic rings. The van der Waals surface area contributed by atoms with Crippen LogP contribution in [-0.2, 0) is 11.3 Å². The number of aromatic nitrogens is 2. The molecule has 94 valence electrons. The molecule has 17 heavy (non-hydrogen) atoms. The van der Waals surface area contributed by atoms with Crippen LogP contribution in [0.1, 0.15) is 19.5 Å². The topological polar surface area (TPSA) is 84.1 Å². The van der Waals surface area contributed by atoms with Gasteiger partial charge in [-0.1, -0.05) is 0 Å². The molecule has 1 heterocycles. The molecule has 0 fully saturated rings. The van der Waals surface area contributed by atoms with Crippen LogP contribution in [0.5, 0.6) is 0 Å². The second-order valence-corrected chi connectivity index (χ2v) is 4.11. The summed E-state index contributed by atoms with van der Waals surface area (Å²) >= 11 is 0. The molecule has 0 saturated heterocycles. The van der Waals surface area contributed by atoms with Crippen LogP contribution in [0.25, 0.3) is 0 Å². The van der Waals surface area contributed by atoms with Gasteiger partial charge in [0.25, 0.3) is 0 Å². The molecule has 1 aromatic heterocycles. The van der Waals surface area contributed by atoms with Crippen molar-refractivity contribution in [2.24, 2.45) is 5.73 Å². The maximum Gasteiger partial charge on any atom is 0.231 e. The minimum absolute atomic E-state index is 0.229. The zero-order valence-corrected chi connectivity index (χ0v) is 10.5. The molecule has 0 bridgehead atoms. The van der Waals surface area contributed by atoms with Crippen molar-refractivity contribution in [3.63, 3.8) is 0 Å². The molecule has 0 aliphatic carbocycles. The van der Waals surface area contributed by atoms with Gasteiger partial charge in [-0.25, -0.2) is 4.98 Å². The van der Waals surface area contributed by atoms with Crippen LogP contribution < -0.4 is 11.1 Å². The number of rotatable bonds is 6.